The molecule has 0 aliphatic carbocycles. The minimum absolute atomic E-state index is 0.237. The molecular formula is C14H18N2O2S2. The topological polar surface area (TPSA) is 42.4 Å². The molecule has 1 spiro atoms. The molecule has 1 amide bonds. The first-order valence-corrected chi connectivity index (χ1v) is 9.06. The number of rotatable bonds is 4. The largest absolute Gasteiger partial charge is 0.488 e. The molecule has 2 aliphatic rings. The minimum Gasteiger partial charge on any atom is -0.488 e. The number of hydrogen-bond acceptors (Lipinski definition) is 5. The first kappa shape index (κ1) is 14.1. The molecule has 3 rings (SSSR count). The van der Waals surface area contributed by atoms with E-state index < -0.39 is 0 Å². The Kier molecular flexibility index (Phi) is 4.12. The van der Waals surface area contributed by atoms with Crippen molar-refractivity contribution in [1.82, 2.24) is 9.88 Å². The average molecular weight is 310 g/mol. The number of carbonyl (C=O) groups is 1. The van der Waals surface area contributed by atoms with E-state index in [0.717, 1.165) is 31.0 Å². The first-order valence-electron chi connectivity index (χ1n) is 6.68. The van der Waals surface area contributed by atoms with E-state index in [1.54, 1.807) is 24.2 Å². The molecule has 2 fully saturated rings. The van der Waals surface area contributed by atoms with Crippen LogP contribution in [-0.2, 0) is 4.79 Å². The number of pyridine rings is 1. The lowest BCUT2D eigenvalue weighted by atomic mass is 9.93. The van der Waals surface area contributed by atoms with Crippen LogP contribution in [0.2, 0.25) is 0 Å². The van der Waals surface area contributed by atoms with Crippen molar-refractivity contribution in [3.63, 3.8) is 0 Å². The van der Waals surface area contributed by atoms with E-state index in [1.807, 2.05) is 35.1 Å². The van der Waals surface area contributed by atoms with E-state index in [-0.39, 0.29) is 16.8 Å². The Balaban J connectivity index is 1.50. The molecule has 6 heteroatoms. The zero-order chi connectivity index (χ0) is 14.0. The van der Waals surface area contributed by atoms with Gasteiger partial charge in [0.1, 0.15) is 11.9 Å². The van der Waals surface area contributed by atoms with Crippen molar-refractivity contribution in [3.05, 3.63) is 24.5 Å². The van der Waals surface area contributed by atoms with Crippen LogP contribution in [0.5, 0.6) is 5.75 Å². The van der Waals surface area contributed by atoms with Crippen LogP contribution < -0.4 is 4.74 Å². The summed E-state index contributed by atoms with van der Waals surface area (Å²) in [6, 6.07) is 3.83. The molecule has 4 nitrogen and oxygen atoms in total. The van der Waals surface area contributed by atoms with Gasteiger partial charge in [0, 0.05) is 31.5 Å². The van der Waals surface area contributed by atoms with E-state index in [4.69, 9.17) is 4.74 Å². The van der Waals surface area contributed by atoms with Gasteiger partial charge in [0.15, 0.2) is 0 Å². The second-order valence-electron chi connectivity index (χ2n) is 5.31. The fraction of sp³-hybridized carbons (Fsp3) is 0.571. The maximum atomic E-state index is 11.8. The second-order valence-corrected chi connectivity index (χ2v) is 7.66. The third-order valence-electron chi connectivity index (χ3n) is 3.69. The van der Waals surface area contributed by atoms with Crippen LogP contribution in [0.25, 0.3) is 0 Å². The normalized spacial score (nSPS) is 23.6. The van der Waals surface area contributed by atoms with Crippen molar-refractivity contribution < 1.29 is 9.53 Å². The Morgan fingerprint density at radius 2 is 2.50 bits per heavy atom. The highest BCUT2D eigenvalue weighted by Crippen LogP contribution is 2.46. The van der Waals surface area contributed by atoms with Gasteiger partial charge in [-0.25, -0.2) is 0 Å². The SMILES string of the molecule is CSCC(=O)N1CC2(C[C@H](Oc3cccnc3)CS2)C1. The molecule has 0 bridgehead atoms. The Hall–Kier alpha value is -0.880. The monoisotopic (exact) mass is 310 g/mol. The molecule has 0 N–H and O–H groups in total. The molecule has 20 heavy (non-hydrogen) atoms. The summed E-state index contributed by atoms with van der Waals surface area (Å²) in [7, 11) is 0. The molecule has 2 saturated heterocycles. The molecule has 3 heterocycles. The smallest absolute Gasteiger partial charge is 0.232 e. The summed E-state index contributed by atoms with van der Waals surface area (Å²) in [4.78, 5) is 17.8. The van der Waals surface area contributed by atoms with Crippen LogP contribution in [0.1, 0.15) is 6.42 Å². The molecule has 0 unspecified atom stereocenters. The molecule has 0 aromatic carbocycles. The number of nitrogens with zero attached hydrogens (tertiary/aromatic N) is 2. The maximum Gasteiger partial charge on any atom is 0.232 e. The lowest BCUT2D eigenvalue weighted by molar-refractivity contribution is -0.133. The Morgan fingerprint density at radius 1 is 1.65 bits per heavy atom. The number of thioether (sulfide) groups is 2. The van der Waals surface area contributed by atoms with Gasteiger partial charge in [-0.15, -0.1) is 11.8 Å². The number of carbonyl (C=O) groups excluding carboxylic acids is 1. The van der Waals surface area contributed by atoms with Gasteiger partial charge in [-0.3, -0.25) is 9.78 Å². The summed E-state index contributed by atoms with van der Waals surface area (Å²) in [5, 5.41) is 0. The van der Waals surface area contributed by atoms with E-state index in [0.29, 0.717) is 5.75 Å². The quantitative estimate of drug-likeness (QED) is 0.850. The summed E-state index contributed by atoms with van der Waals surface area (Å²) in [5.41, 5.74) is 0. The molecule has 1 atom stereocenters. The van der Waals surface area contributed by atoms with Crippen molar-refractivity contribution in [3.8, 4) is 5.75 Å². The second kappa shape index (κ2) is 5.85. The molecule has 2 aliphatic heterocycles. The number of likely N-dealkylation sites (tertiary alicyclic amines) is 1. The van der Waals surface area contributed by atoms with E-state index in [1.165, 1.54) is 0 Å². The predicted molar refractivity (Wildman–Crippen MR) is 83.4 cm³/mol. The van der Waals surface area contributed by atoms with Crippen molar-refractivity contribution in [1.29, 1.82) is 0 Å². The molecule has 0 radical (unpaired) electrons. The van der Waals surface area contributed by atoms with Gasteiger partial charge in [0.2, 0.25) is 5.91 Å². The fourth-order valence-electron chi connectivity index (χ4n) is 2.75. The van der Waals surface area contributed by atoms with Crippen LogP contribution in [0, 0.1) is 0 Å². The van der Waals surface area contributed by atoms with Crippen LogP contribution in [0.3, 0.4) is 0 Å². The highest BCUT2D eigenvalue weighted by molar-refractivity contribution is 8.01. The molecule has 1 aromatic heterocycles. The van der Waals surface area contributed by atoms with Crippen molar-refractivity contribution in [2.24, 2.45) is 0 Å². The molecule has 1 aromatic rings. The summed E-state index contributed by atoms with van der Waals surface area (Å²) < 4.78 is 6.20. The summed E-state index contributed by atoms with van der Waals surface area (Å²) >= 11 is 3.54. The third-order valence-corrected chi connectivity index (χ3v) is 5.80. The fourth-order valence-corrected chi connectivity index (χ4v) is 4.70. The Bertz CT molecular complexity index is 477. The highest BCUT2D eigenvalue weighted by Gasteiger charge is 2.51. The summed E-state index contributed by atoms with van der Waals surface area (Å²) in [5.74, 6) is 2.70. The van der Waals surface area contributed by atoms with Crippen LogP contribution in [-0.4, -0.2) is 57.5 Å². The Morgan fingerprint density at radius 3 is 3.20 bits per heavy atom. The van der Waals surface area contributed by atoms with Gasteiger partial charge in [-0.05, 0) is 18.4 Å². The predicted octanol–water partition coefficient (Wildman–Crippen LogP) is 1.91. The standard InChI is InChI=1S/C14H18N2O2S2/c1-19-8-13(17)16-9-14(10-16)5-12(7-20-14)18-11-3-2-4-15-6-11/h2-4,6,12H,5,7-10H2,1H3/t12-/m0/s1. The highest BCUT2D eigenvalue weighted by atomic mass is 32.2. The zero-order valence-electron chi connectivity index (χ0n) is 11.4. The van der Waals surface area contributed by atoms with Crippen molar-refractivity contribution in [2.45, 2.75) is 17.3 Å². The van der Waals surface area contributed by atoms with E-state index in [9.17, 15) is 4.79 Å². The third kappa shape index (κ3) is 2.91. The van der Waals surface area contributed by atoms with Gasteiger partial charge < -0.3 is 9.64 Å². The van der Waals surface area contributed by atoms with Gasteiger partial charge in [-0.1, -0.05) is 0 Å². The van der Waals surface area contributed by atoms with E-state index >= 15 is 0 Å². The van der Waals surface area contributed by atoms with Gasteiger partial charge >= 0.3 is 0 Å². The number of hydrogen-bond donors (Lipinski definition) is 0. The Labute approximate surface area is 127 Å². The minimum atomic E-state index is 0.237. The van der Waals surface area contributed by atoms with Crippen LogP contribution in [0.4, 0.5) is 0 Å². The zero-order valence-corrected chi connectivity index (χ0v) is 13.1. The van der Waals surface area contributed by atoms with Gasteiger partial charge in [0.25, 0.3) is 0 Å². The maximum absolute atomic E-state index is 11.8. The van der Waals surface area contributed by atoms with Crippen LogP contribution in [0.15, 0.2) is 24.5 Å². The molecule has 108 valence electrons. The van der Waals surface area contributed by atoms with Gasteiger partial charge in [0.05, 0.1) is 16.7 Å². The lowest BCUT2D eigenvalue weighted by Gasteiger charge is -2.47. The first-order chi connectivity index (χ1) is 9.71. The number of aromatic nitrogens is 1. The summed E-state index contributed by atoms with van der Waals surface area (Å²) in [6.45, 7) is 1.76. The van der Waals surface area contributed by atoms with Crippen molar-refractivity contribution in [2.75, 3.05) is 30.9 Å². The lowest BCUT2D eigenvalue weighted by Crippen LogP contribution is -2.61. The van der Waals surface area contributed by atoms with Crippen molar-refractivity contribution >= 4 is 29.4 Å². The summed E-state index contributed by atoms with van der Waals surface area (Å²) in [6.07, 6.45) is 6.73. The number of ether oxygens (including phenoxy) is 1. The van der Waals surface area contributed by atoms with Crippen LogP contribution >= 0.6 is 23.5 Å². The average Bonchev–Trinajstić information content (AvgIpc) is 2.83. The molecular weight excluding hydrogens is 292 g/mol. The van der Waals surface area contributed by atoms with Gasteiger partial charge in [-0.2, -0.15) is 11.8 Å². The van der Waals surface area contributed by atoms with E-state index in [2.05, 4.69) is 4.98 Å². The molecule has 0 saturated carbocycles. The number of amides is 1.